The van der Waals surface area contributed by atoms with E-state index in [4.69, 9.17) is 16.7 Å². The van der Waals surface area contributed by atoms with Crippen molar-refractivity contribution in [2.45, 2.75) is 13.3 Å². The van der Waals surface area contributed by atoms with Gasteiger partial charge in [-0.3, -0.25) is 9.59 Å². The topological polar surface area (TPSA) is 83.4 Å². The van der Waals surface area contributed by atoms with Crippen LogP contribution < -0.4 is 0 Å². The van der Waals surface area contributed by atoms with Crippen molar-refractivity contribution in [2.75, 3.05) is 13.1 Å². The molecule has 0 saturated carbocycles. The van der Waals surface area contributed by atoms with Gasteiger partial charge in [0, 0.05) is 13.1 Å². The van der Waals surface area contributed by atoms with Gasteiger partial charge in [-0.15, -0.1) is 10.2 Å². The van der Waals surface area contributed by atoms with Crippen molar-refractivity contribution in [1.29, 1.82) is 0 Å². The molecule has 18 heavy (non-hydrogen) atoms. The molecule has 2 heterocycles. The smallest absolute Gasteiger partial charge is 0.311 e. The van der Waals surface area contributed by atoms with Crippen LogP contribution in [-0.2, 0) is 4.79 Å². The molecule has 1 aromatic rings. The number of carbonyl (C=O) groups is 2. The molecule has 7 heteroatoms. The summed E-state index contributed by atoms with van der Waals surface area (Å²) in [6.45, 7) is 2.23. The third-order valence-electron chi connectivity index (χ3n) is 3.13. The van der Waals surface area contributed by atoms with Crippen molar-refractivity contribution in [1.82, 2.24) is 15.1 Å². The summed E-state index contributed by atoms with van der Waals surface area (Å²) in [7, 11) is 0. The van der Waals surface area contributed by atoms with E-state index >= 15 is 0 Å². The molecule has 96 valence electrons. The predicted molar refractivity (Wildman–Crippen MR) is 63.3 cm³/mol. The van der Waals surface area contributed by atoms with Crippen molar-refractivity contribution >= 4 is 23.5 Å². The van der Waals surface area contributed by atoms with Crippen LogP contribution in [0.25, 0.3) is 0 Å². The van der Waals surface area contributed by atoms with E-state index in [-0.39, 0.29) is 23.3 Å². The highest BCUT2D eigenvalue weighted by atomic mass is 35.5. The SMILES string of the molecule is CC1(C(=O)O)CCN(C(=O)c2ccc(Cl)nn2)C1. The maximum absolute atomic E-state index is 12.1. The molecule has 1 amide bonds. The Kier molecular flexibility index (Phi) is 3.21. The number of hydrogen-bond acceptors (Lipinski definition) is 4. The lowest BCUT2D eigenvalue weighted by Crippen LogP contribution is -2.35. The van der Waals surface area contributed by atoms with E-state index in [2.05, 4.69) is 10.2 Å². The summed E-state index contributed by atoms with van der Waals surface area (Å²) < 4.78 is 0. The molecule has 0 aromatic carbocycles. The van der Waals surface area contributed by atoms with E-state index in [0.29, 0.717) is 13.0 Å². The Labute approximate surface area is 109 Å². The van der Waals surface area contributed by atoms with Crippen LogP contribution in [0.2, 0.25) is 5.15 Å². The Morgan fingerprint density at radius 2 is 2.17 bits per heavy atom. The van der Waals surface area contributed by atoms with Crippen LogP contribution in [0.15, 0.2) is 12.1 Å². The van der Waals surface area contributed by atoms with E-state index < -0.39 is 11.4 Å². The second-order valence-corrected chi connectivity index (χ2v) is 4.97. The lowest BCUT2D eigenvalue weighted by atomic mass is 9.90. The summed E-state index contributed by atoms with van der Waals surface area (Å²) >= 11 is 5.59. The Bertz CT molecular complexity index is 491. The van der Waals surface area contributed by atoms with E-state index in [0.717, 1.165) is 0 Å². The maximum Gasteiger partial charge on any atom is 0.311 e. The maximum atomic E-state index is 12.1. The molecule has 1 atom stereocenters. The highest BCUT2D eigenvalue weighted by molar-refractivity contribution is 6.29. The number of nitrogens with zero attached hydrogens (tertiary/aromatic N) is 3. The molecule has 1 aliphatic rings. The number of carboxylic acid groups (broad SMARTS) is 1. The normalized spacial score (nSPS) is 23.1. The summed E-state index contributed by atoms with van der Waals surface area (Å²) in [5.41, 5.74) is -0.704. The molecule has 0 aliphatic carbocycles. The first kappa shape index (κ1) is 12.8. The fourth-order valence-corrected chi connectivity index (χ4v) is 2.00. The van der Waals surface area contributed by atoms with Crippen LogP contribution in [0.1, 0.15) is 23.8 Å². The largest absolute Gasteiger partial charge is 0.481 e. The second kappa shape index (κ2) is 4.53. The summed E-state index contributed by atoms with van der Waals surface area (Å²) in [6, 6.07) is 2.96. The number of amides is 1. The van der Waals surface area contributed by atoms with Crippen molar-refractivity contribution in [2.24, 2.45) is 5.41 Å². The Morgan fingerprint density at radius 1 is 1.44 bits per heavy atom. The number of halogens is 1. The second-order valence-electron chi connectivity index (χ2n) is 4.58. The molecular weight excluding hydrogens is 258 g/mol. The Balaban J connectivity index is 2.12. The van der Waals surface area contributed by atoms with Crippen LogP contribution in [0, 0.1) is 5.41 Å². The lowest BCUT2D eigenvalue weighted by Gasteiger charge is -2.19. The zero-order chi connectivity index (χ0) is 13.3. The standard InChI is InChI=1S/C11H12ClN3O3/c1-11(10(17)18)4-5-15(6-11)9(16)7-2-3-8(12)14-13-7/h2-3H,4-6H2,1H3,(H,17,18). The van der Waals surface area contributed by atoms with Gasteiger partial charge < -0.3 is 10.0 Å². The van der Waals surface area contributed by atoms with E-state index in [1.807, 2.05) is 0 Å². The minimum absolute atomic E-state index is 0.175. The van der Waals surface area contributed by atoms with Gasteiger partial charge in [-0.2, -0.15) is 0 Å². The fourth-order valence-electron chi connectivity index (χ4n) is 1.90. The molecule has 1 N–H and O–H groups in total. The average molecular weight is 270 g/mol. The van der Waals surface area contributed by atoms with Crippen LogP contribution in [-0.4, -0.2) is 45.2 Å². The van der Waals surface area contributed by atoms with E-state index in [1.54, 1.807) is 6.92 Å². The summed E-state index contributed by atoms with van der Waals surface area (Å²) in [5, 5.41) is 16.6. The van der Waals surface area contributed by atoms with Gasteiger partial charge in [0.25, 0.3) is 5.91 Å². The van der Waals surface area contributed by atoms with Crippen LogP contribution in [0.5, 0.6) is 0 Å². The minimum Gasteiger partial charge on any atom is -0.481 e. The zero-order valence-electron chi connectivity index (χ0n) is 9.76. The third-order valence-corrected chi connectivity index (χ3v) is 3.33. The van der Waals surface area contributed by atoms with Crippen LogP contribution >= 0.6 is 11.6 Å². The highest BCUT2D eigenvalue weighted by Crippen LogP contribution is 2.30. The first-order chi connectivity index (χ1) is 8.42. The number of aromatic nitrogens is 2. The number of aliphatic carboxylic acids is 1. The first-order valence-electron chi connectivity index (χ1n) is 5.44. The summed E-state index contributed by atoms with van der Waals surface area (Å²) in [5.74, 6) is -1.20. The van der Waals surface area contributed by atoms with Gasteiger partial charge in [0.15, 0.2) is 10.8 Å². The molecule has 6 nitrogen and oxygen atoms in total. The number of hydrogen-bond donors (Lipinski definition) is 1. The van der Waals surface area contributed by atoms with Crippen molar-refractivity contribution in [3.05, 3.63) is 23.0 Å². The molecule has 1 aromatic heterocycles. The Morgan fingerprint density at radius 3 is 2.67 bits per heavy atom. The molecule has 0 bridgehead atoms. The predicted octanol–water partition coefficient (Wildman–Crippen LogP) is 1.07. The minimum atomic E-state index is -0.889. The van der Waals surface area contributed by atoms with Crippen molar-refractivity contribution < 1.29 is 14.7 Å². The van der Waals surface area contributed by atoms with Crippen molar-refractivity contribution in [3.63, 3.8) is 0 Å². The monoisotopic (exact) mass is 269 g/mol. The number of carboxylic acids is 1. The highest BCUT2D eigenvalue weighted by Gasteiger charge is 2.42. The molecule has 1 saturated heterocycles. The Hall–Kier alpha value is -1.69. The number of rotatable bonds is 2. The fraction of sp³-hybridized carbons (Fsp3) is 0.455. The van der Waals surface area contributed by atoms with Gasteiger partial charge >= 0.3 is 5.97 Å². The van der Waals surface area contributed by atoms with Gasteiger partial charge in [-0.25, -0.2) is 0 Å². The molecule has 0 radical (unpaired) electrons. The van der Waals surface area contributed by atoms with Gasteiger partial charge in [0.1, 0.15) is 0 Å². The van der Waals surface area contributed by atoms with E-state index in [1.165, 1.54) is 17.0 Å². The van der Waals surface area contributed by atoms with Gasteiger partial charge in [-0.1, -0.05) is 11.6 Å². The van der Waals surface area contributed by atoms with Gasteiger partial charge in [0.05, 0.1) is 5.41 Å². The zero-order valence-corrected chi connectivity index (χ0v) is 10.5. The quantitative estimate of drug-likeness (QED) is 0.868. The molecule has 1 unspecified atom stereocenters. The molecule has 2 rings (SSSR count). The third kappa shape index (κ3) is 2.28. The molecular formula is C11H12ClN3O3. The number of likely N-dealkylation sites (tertiary alicyclic amines) is 1. The molecule has 0 spiro atoms. The van der Waals surface area contributed by atoms with E-state index in [9.17, 15) is 9.59 Å². The summed E-state index contributed by atoms with van der Waals surface area (Å²) in [6.07, 6.45) is 0.440. The first-order valence-corrected chi connectivity index (χ1v) is 5.82. The van der Waals surface area contributed by atoms with Crippen LogP contribution in [0.4, 0.5) is 0 Å². The number of carbonyl (C=O) groups excluding carboxylic acids is 1. The van der Waals surface area contributed by atoms with Gasteiger partial charge in [-0.05, 0) is 25.5 Å². The average Bonchev–Trinajstić information content (AvgIpc) is 2.73. The van der Waals surface area contributed by atoms with Gasteiger partial charge in [0.2, 0.25) is 0 Å². The summed E-state index contributed by atoms with van der Waals surface area (Å²) in [4.78, 5) is 24.6. The molecule has 1 fully saturated rings. The lowest BCUT2D eigenvalue weighted by molar-refractivity contribution is -0.147. The molecule has 1 aliphatic heterocycles. The van der Waals surface area contributed by atoms with Crippen molar-refractivity contribution in [3.8, 4) is 0 Å². The van der Waals surface area contributed by atoms with Crippen LogP contribution in [0.3, 0.4) is 0 Å².